The number of hydrogen-bond acceptors (Lipinski definition) is 1. The van der Waals surface area contributed by atoms with E-state index in [0.717, 1.165) is 5.56 Å². The lowest BCUT2D eigenvalue weighted by molar-refractivity contribution is 0.584. The molecule has 1 aromatic carbocycles. The lowest BCUT2D eigenvalue weighted by atomic mass is 9.95. The highest BCUT2D eigenvalue weighted by atomic mass is 79.9. The molecule has 0 aliphatic heterocycles. The van der Waals surface area contributed by atoms with Gasteiger partial charge in [-0.1, -0.05) is 20.8 Å². The second kappa shape index (κ2) is 4.53. The van der Waals surface area contributed by atoms with Crippen molar-refractivity contribution < 1.29 is 4.39 Å². The smallest absolute Gasteiger partial charge is 0.139 e. The summed E-state index contributed by atoms with van der Waals surface area (Å²) in [6.45, 7) is 7.78. The first kappa shape index (κ1) is 13.2. The Balaban J connectivity index is 3.21. The average Bonchev–Trinajstić information content (AvgIpc) is 2.12. The monoisotopic (exact) mass is 286 g/mol. The normalized spacial score (nSPS) is 13.0. The van der Waals surface area contributed by atoms with Crippen LogP contribution in [0.5, 0.6) is 0 Å². The van der Waals surface area contributed by atoms with Crippen molar-refractivity contribution in [3.05, 3.63) is 28.0 Å². The van der Waals surface area contributed by atoms with Crippen LogP contribution in [-0.4, -0.2) is 5.84 Å². The van der Waals surface area contributed by atoms with Crippen LogP contribution in [0.2, 0.25) is 0 Å². The minimum atomic E-state index is -0.328. The molecule has 0 heterocycles. The molecule has 0 amide bonds. The van der Waals surface area contributed by atoms with Gasteiger partial charge < -0.3 is 5.73 Å². The molecule has 0 fully saturated rings. The summed E-state index contributed by atoms with van der Waals surface area (Å²) in [6.07, 6.45) is 0. The number of nitrogens with zero attached hydrogens (tertiary/aromatic N) is 1. The molecule has 0 aromatic heterocycles. The van der Waals surface area contributed by atoms with Crippen molar-refractivity contribution in [1.82, 2.24) is 0 Å². The lowest BCUT2D eigenvalue weighted by Gasteiger charge is -2.17. The van der Waals surface area contributed by atoms with Crippen LogP contribution in [0.4, 0.5) is 10.1 Å². The molecular formula is C12H16BrFN2. The number of benzene rings is 1. The molecule has 0 saturated carbocycles. The van der Waals surface area contributed by atoms with E-state index >= 15 is 0 Å². The zero-order chi connectivity index (χ0) is 12.5. The van der Waals surface area contributed by atoms with E-state index in [-0.39, 0.29) is 11.2 Å². The van der Waals surface area contributed by atoms with Gasteiger partial charge in [0.2, 0.25) is 0 Å². The van der Waals surface area contributed by atoms with Gasteiger partial charge >= 0.3 is 0 Å². The van der Waals surface area contributed by atoms with E-state index in [1.807, 2.05) is 27.7 Å². The Kier molecular flexibility index (Phi) is 3.73. The van der Waals surface area contributed by atoms with Gasteiger partial charge in [-0.15, -0.1) is 0 Å². The van der Waals surface area contributed by atoms with Gasteiger partial charge in [0.15, 0.2) is 0 Å². The van der Waals surface area contributed by atoms with Crippen LogP contribution in [0.15, 0.2) is 21.6 Å². The molecule has 0 spiro atoms. The van der Waals surface area contributed by atoms with Crippen LogP contribution in [-0.2, 0) is 0 Å². The summed E-state index contributed by atoms with van der Waals surface area (Å²) in [4.78, 5) is 4.27. The third kappa shape index (κ3) is 3.04. The molecule has 0 bridgehead atoms. The van der Waals surface area contributed by atoms with E-state index in [1.165, 1.54) is 6.07 Å². The molecule has 1 aromatic rings. The van der Waals surface area contributed by atoms with Crippen LogP contribution in [0.25, 0.3) is 0 Å². The van der Waals surface area contributed by atoms with Crippen molar-refractivity contribution in [1.29, 1.82) is 0 Å². The predicted octanol–water partition coefficient (Wildman–Crippen LogP) is 3.93. The molecule has 16 heavy (non-hydrogen) atoms. The SMILES string of the molecule is Cc1cc(Br)c(F)cc1N=C(N)C(C)(C)C. The molecular weight excluding hydrogens is 271 g/mol. The van der Waals surface area contributed by atoms with Gasteiger partial charge in [0.05, 0.1) is 10.2 Å². The molecule has 2 N–H and O–H groups in total. The molecule has 0 aliphatic rings. The van der Waals surface area contributed by atoms with Crippen molar-refractivity contribution in [2.24, 2.45) is 16.1 Å². The van der Waals surface area contributed by atoms with Gasteiger partial charge in [-0.25, -0.2) is 9.38 Å². The predicted molar refractivity (Wildman–Crippen MR) is 69.6 cm³/mol. The van der Waals surface area contributed by atoms with E-state index < -0.39 is 0 Å². The fraction of sp³-hybridized carbons (Fsp3) is 0.417. The Morgan fingerprint density at radius 1 is 1.38 bits per heavy atom. The first-order valence-electron chi connectivity index (χ1n) is 5.02. The summed E-state index contributed by atoms with van der Waals surface area (Å²) >= 11 is 3.13. The molecule has 88 valence electrons. The Morgan fingerprint density at radius 3 is 2.44 bits per heavy atom. The number of nitrogens with two attached hydrogens (primary N) is 1. The minimum Gasteiger partial charge on any atom is -0.387 e. The molecule has 4 heteroatoms. The van der Waals surface area contributed by atoms with E-state index in [2.05, 4.69) is 20.9 Å². The highest BCUT2D eigenvalue weighted by Crippen LogP contribution is 2.27. The van der Waals surface area contributed by atoms with Gasteiger partial charge in [-0.3, -0.25) is 0 Å². The van der Waals surface area contributed by atoms with E-state index in [9.17, 15) is 4.39 Å². The van der Waals surface area contributed by atoms with Gasteiger partial charge in [0.25, 0.3) is 0 Å². The Bertz CT molecular complexity index is 433. The minimum absolute atomic E-state index is 0.212. The van der Waals surface area contributed by atoms with Crippen molar-refractivity contribution >= 4 is 27.5 Å². The molecule has 0 atom stereocenters. The second-order valence-corrected chi connectivity index (χ2v) is 5.65. The fourth-order valence-corrected chi connectivity index (χ4v) is 1.51. The maximum absolute atomic E-state index is 13.3. The number of halogens is 2. The van der Waals surface area contributed by atoms with E-state index in [0.29, 0.717) is 16.0 Å². The van der Waals surface area contributed by atoms with E-state index in [1.54, 1.807) is 6.07 Å². The molecule has 1 rings (SSSR count). The quantitative estimate of drug-likeness (QED) is 0.616. The molecule has 0 radical (unpaired) electrons. The van der Waals surface area contributed by atoms with Gasteiger partial charge in [0, 0.05) is 11.5 Å². The fourth-order valence-electron chi connectivity index (χ4n) is 1.05. The zero-order valence-electron chi connectivity index (χ0n) is 9.94. The van der Waals surface area contributed by atoms with Gasteiger partial charge in [0.1, 0.15) is 11.7 Å². The molecule has 0 aliphatic carbocycles. The molecule has 0 unspecified atom stereocenters. The summed E-state index contributed by atoms with van der Waals surface area (Å²) < 4.78 is 13.8. The summed E-state index contributed by atoms with van der Waals surface area (Å²) in [6, 6.07) is 3.09. The van der Waals surface area contributed by atoms with Crippen molar-refractivity contribution in [3.63, 3.8) is 0 Å². The van der Waals surface area contributed by atoms with Gasteiger partial charge in [-0.05, 0) is 34.5 Å². The van der Waals surface area contributed by atoms with Crippen LogP contribution in [0, 0.1) is 18.2 Å². The number of aliphatic imine (C=N–C) groups is 1. The largest absolute Gasteiger partial charge is 0.387 e. The second-order valence-electron chi connectivity index (χ2n) is 4.80. The first-order valence-corrected chi connectivity index (χ1v) is 5.81. The third-order valence-electron chi connectivity index (χ3n) is 2.25. The number of aryl methyl sites for hydroxylation is 1. The van der Waals surface area contributed by atoms with Crippen LogP contribution in [0.3, 0.4) is 0 Å². The highest BCUT2D eigenvalue weighted by molar-refractivity contribution is 9.10. The van der Waals surface area contributed by atoms with Crippen molar-refractivity contribution in [2.45, 2.75) is 27.7 Å². The number of hydrogen-bond donors (Lipinski definition) is 1. The van der Waals surface area contributed by atoms with Crippen LogP contribution < -0.4 is 5.73 Å². The summed E-state index contributed by atoms with van der Waals surface area (Å²) in [5.41, 5.74) is 7.11. The van der Waals surface area contributed by atoms with E-state index in [4.69, 9.17) is 5.73 Å². The Hall–Kier alpha value is -0.900. The molecule has 2 nitrogen and oxygen atoms in total. The van der Waals surface area contributed by atoms with Gasteiger partial charge in [-0.2, -0.15) is 0 Å². The van der Waals surface area contributed by atoms with Crippen molar-refractivity contribution in [2.75, 3.05) is 0 Å². The summed E-state index contributed by atoms with van der Waals surface area (Å²) in [7, 11) is 0. The highest BCUT2D eigenvalue weighted by Gasteiger charge is 2.16. The zero-order valence-corrected chi connectivity index (χ0v) is 11.5. The number of rotatable bonds is 1. The van der Waals surface area contributed by atoms with Crippen LogP contribution >= 0.6 is 15.9 Å². The Labute approximate surface area is 104 Å². The first-order chi connectivity index (χ1) is 7.21. The third-order valence-corrected chi connectivity index (χ3v) is 2.86. The topological polar surface area (TPSA) is 38.4 Å². The number of amidine groups is 1. The van der Waals surface area contributed by atoms with Crippen LogP contribution in [0.1, 0.15) is 26.3 Å². The lowest BCUT2D eigenvalue weighted by Crippen LogP contribution is -2.28. The standard InChI is InChI=1S/C12H16BrFN2/c1-7-5-8(13)9(14)6-10(7)16-11(15)12(2,3)4/h5-6H,1-4H3,(H2,15,16). The summed E-state index contributed by atoms with van der Waals surface area (Å²) in [5, 5.41) is 0. The van der Waals surface area contributed by atoms with Crippen molar-refractivity contribution in [3.8, 4) is 0 Å². The Morgan fingerprint density at radius 2 is 1.94 bits per heavy atom. The maximum Gasteiger partial charge on any atom is 0.139 e. The molecule has 0 saturated heterocycles. The summed E-state index contributed by atoms with van der Waals surface area (Å²) in [5.74, 6) is 0.170. The maximum atomic E-state index is 13.3. The average molecular weight is 287 g/mol.